The van der Waals surface area contributed by atoms with Crippen molar-refractivity contribution >= 4 is 17.7 Å². The van der Waals surface area contributed by atoms with Crippen LogP contribution in [0.5, 0.6) is 0 Å². The lowest BCUT2D eigenvalue weighted by atomic mass is 9.93. The Morgan fingerprint density at radius 1 is 1.38 bits per heavy atom. The molecule has 1 saturated heterocycles. The van der Waals surface area contributed by atoms with Gasteiger partial charge in [-0.05, 0) is 30.9 Å². The molecule has 7 heteroatoms. The van der Waals surface area contributed by atoms with Gasteiger partial charge in [0.05, 0.1) is 5.69 Å². The molecule has 0 radical (unpaired) electrons. The molecule has 2 amide bonds. The smallest absolute Gasteiger partial charge is 0.326 e. The minimum absolute atomic E-state index is 0.177. The summed E-state index contributed by atoms with van der Waals surface area (Å²) in [5, 5.41) is 11.5. The molecule has 21 heavy (non-hydrogen) atoms. The summed E-state index contributed by atoms with van der Waals surface area (Å²) < 4.78 is 26.3. The average molecular weight is 298 g/mol. The van der Waals surface area contributed by atoms with Crippen molar-refractivity contribution in [2.75, 3.05) is 11.9 Å². The third-order valence-corrected chi connectivity index (χ3v) is 3.58. The number of rotatable bonds is 2. The molecule has 0 aromatic heterocycles. The molecule has 1 aromatic rings. The number of likely N-dealkylation sites (tertiary alicyclic amines) is 1. The number of carbonyl (C=O) groups excluding carboxylic acids is 1. The number of carbonyl (C=O) groups is 2. The Labute approximate surface area is 120 Å². The number of benzene rings is 1. The highest BCUT2D eigenvalue weighted by Gasteiger charge is 2.35. The third kappa shape index (κ3) is 3.48. The topological polar surface area (TPSA) is 69.6 Å². The van der Waals surface area contributed by atoms with Crippen molar-refractivity contribution in [3.63, 3.8) is 0 Å². The van der Waals surface area contributed by atoms with E-state index in [4.69, 9.17) is 0 Å². The van der Waals surface area contributed by atoms with E-state index in [9.17, 15) is 23.5 Å². The van der Waals surface area contributed by atoms with Crippen LogP contribution < -0.4 is 5.32 Å². The van der Waals surface area contributed by atoms with Crippen molar-refractivity contribution in [3.8, 4) is 0 Å². The summed E-state index contributed by atoms with van der Waals surface area (Å²) in [7, 11) is 0. The van der Waals surface area contributed by atoms with Crippen molar-refractivity contribution in [1.82, 2.24) is 4.90 Å². The quantitative estimate of drug-likeness (QED) is 0.882. The number of halogens is 2. The standard InChI is InChI=1S/C14H16F2N2O3/c1-8-4-5-18(12(6-8)13(19)20)14(21)17-11-3-2-9(15)7-10(11)16/h2-3,7-8,12H,4-6H2,1H3,(H,17,21)(H,19,20). The first-order chi connectivity index (χ1) is 9.88. The van der Waals surface area contributed by atoms with Gasteiger partial charge in [-0.15, -0.1) is 0 Å². The molecule has 0 saturated carbocycles. The van der Waals surface area contributed by atoms with Gasteiger partial charge in [0.1, 0.15) is 17.7 Å². The second-order valence-electron chi connectivity index (χ2n) is 5.23. The lowest BCUT2D eigenvalue weighted by Gasteiger charge is -2.35. The van der Waals surface area contributed by atoms with Crippen LogP contribution in [0.3, 0.4) is 0 Å². The zero-order valence-electron chi connectivity index (χ0n) is 11.5. The Morgan fingerprint density at radius 3 is 2.71 bits per heavy atom. The summed E-state index contributed by atoms with van der Waals surface area (Å²) in [6.45, 7) is 2.21. The largest absolute Gasteiger partial charge is 0.480 e. The predicted molar refractivity (Wildman–Crippen MR) is 71.9 cm³/mol. The summed E-state index contributed by atoms with van der Waals surface area (Å²) in [5.74, 6) is -2.53. The fraction of sp³-hybridized carbons (Fsp3) is 0.429. The van der Waals surface area contributed by atoms with Gasteiger partial charge in [0, 0.05) is 12.6 Å². The molecule has 2 atom stereocenters. The number of aliphatic carboxylic acids is 1. The minimum atomic E-state index is -1.09. The Balaban J connectivity index is 2.13. The first-order valence-corrected chi connectivity index (χ1v) is 6.64. The first kappa shape index (κ1) is 15.2. The zero-order valence-corrected chi connectivity index (χ0v) is 11.5. The molecule has 0 aliphatic carbocycles. The van der Waals surface area contributed by atoms with Gasteiger partial charge in [-0.1, -0.05) is 6.92 Å². The average Bonchev–Trinajstić information content (AvgIpc) is 2.41. The first-order valence-electron chi connectivity index (χ1n) is 6.64. The summed E-state index contributed by atoms with van der Waals surface area (Å²) in [6, 6.07) is 1.15. The molecule has 2 N–H and O–H groups in total. The lowest BCUT2D eigenvalue weighted by molar-refractivity contribution is -0.143. The normalized spacial score (nSPS) is 22.0. The van der Waals surface area contributed by atoms with Gasteiger partial charge in [-0.25, -0.2) is 18.4 Å². The van der Waals surface area contributed by atoms with E-state index in [0.717, 1.165) is 12.1 Å². The van der Waals surface area contributed by atoms with Crippen LogP contribution >= 0.6 is 0 Å². The maximum absolute atomic E-state index is 13.5. The van der Waals surface area contributed by atoms with E-state index in [1.165, 1.54) is 4.90 Å². The molecular weight excluding hydrogens is 282 g/mol. The van der Waals surface area contributed by atoms with Crippen LogP contribution in [0.4, 0.5) is 19.3 Å². The van der Waals surface area contributed by atoms with Crippen LogP contribution in [0.1, 0.15) is 19.8 Å². The Bertz CT molecular complexity index is 565. The summed E-state index contributed by atoms with van der Waals surface area (Å²) in [5.41, 5.74) is -0.177. The highest BCUT2D eigenvalue weighted by atomic mass is 19.1. The number of nitrogens with one attached hydrogen (secondary N) is 1. The number of hydrogen-bond donors (Lipinski definition) is 2. The van der Waals surface area contributed by atoms with E-state index >= 15 is 0 Å². The van der Waals surface area contributed by atoms with E-state index in [0.29, 0.717) is 18.9 Å². The van der Waals surface area contributed by atoms with Crippen molar-refractivity contribution in [2.45, 2.75) is 25.8 Å². The molecule has 1 aromatic carbocycles. The van der Waals surface area contributed by atoms with Gasteiger partial charge in [0.2, 0.25) is 0 Å². The lowest BCUT2D eigenvalue weighted by Crippen LogP contribution is -2.51. The van der Waals surface area contributed by atoms with Gasteiger partial charge in [0.15, 0.2) is 0 Å². The van der Waals surface area contributed by atoms with E-state index in [-0.39, 0.29) is 18.2 Å². The van der Waals surface area contributed by atoms with Crippen LogP contribution in [0.25, 0.3) is 0 Å². The number of piperidine rings is 1. The third-order valence-electron chi connectivity index (χ3n) is 3.58. The van der Waals surface area contributed by atoms with E-state index in [1.807, 2.05) is 6.92 Å². The van der Waals surface area contributed by atoms with E-state index in [2.05, 4.69) is 5.32 Å². The molecule has 1 heterocycles. The number of anilines is 1. The summed E-state index contributed by atoms with van der Waals surface area (Å²) in [6.07, 6.45) is 1.04. The maximum Gasteiger partial charge on any atom is 0.326 e. The summed E-state index contributed by atoms with van der Waals surface area (Å²) >= 11 is 0. The van der Waals surface area contributed by atoms with E-state index < -0.39 is 29.7 Å². The van der Waals surface area contributed by atoms with Crippen molar-refractivity contribution < 1.29 is 23.5 Å². The molecule has 1 aliphatic heterocycles. The van der Waals surface area contributed by atoms with Gasteiger partial charge < -0.3 is 15.3 Å². The fourth-order valence-electron chi connectivity index (χ4n) is 2.40. The minimum Gasteiger partial charge on any atom is -0.480 e. The van der Waals surface area contributed by atoms with E-state index in [1.54, 1.807) is 0 Å². The monoisotopic (exact) mass is 298 g/mol. The zero-order chi connectivity index (χ0) is 15.6. The van der Waals surface area contributed by atoms with Crippen LogP contribution in [-0.4, -0.2) is 34.6 Å². The molecule has 2 rings (SSSR count). The second kappa shape index (κ2) is 6.07. The molecule has 0 bridgehead atoms. The van der Waals surface area contributed by atoms with Crippen molar-refractivity contribution in [3.05, 3.63) is 29.8 Å². The fourth-order valence-corrected chi connectivity index (χ4v) is 2.40. The van der Waals surface area contributed by atoms with Crippen molar-refractivity contribution in [2.24, 2.45) is 5.92 Å². The molecule has 2 unspecified atom stereocenters. The van der Waals surface area contributed by atoms with Gasteiger partial charge in [-0.2, -0.15) is 0 Å². The molecule has 1 aliphatic rings. The SMILES string of the molecule is CC1CCN(C(=O)Nc2ccc(F)cc2F)C(C(=O)O)C1. The van der Waals surface area contributed by atoms with Crippen LogP contribution in [-0.2, 0) is 4.79 Å². The maximum atomic E-state index is 13.5. The molecule has 0 spiro atoms. The van der Waals surface area contributed by atoms with Crippen LogP contribution in [0.2, 0.25) is 0 Å². The Kier molecular flexibility index (Phi) is 4.40. The highest BCUT2D eigenvalue weighted by molar-refractivity contribution is 5.92. The van der Waals surface area contributed by atoms with Gasteiger partial charge in [-0.3, -0.25) is 0 Å². The number of carboxylic acid groups (broad SMARTS) is 1. The van der Waals surface area contributed by atoms with Crippen LogP contribution in [0.15, 0.2) is 18.2 Å². The second-order valence-corrected chi connectivity index (χ2v) is 5.23. The number of carboxylic acids is 1. The Morgan fingerprint density at radius 2 is 2.10 bits per heavy atom. The van der Waals surface area contributed by atoms with Gasteiger partial charge >= 0.3 is 12.0 Å². The molecule has 1 fully saturated rings. The number of hydrogen-bond acceptors (Lipinski definition) is 2. The predicted octanol–water partition coefficient (Wildman–Crippen LogP) is 2.68. The van der Waals surface area contributed by atoms with Gasteiger partial charge in [0.25, 0.3) is 0 Å². The summed E-state index contributed by atoms with van der Waals surface area (Å²) in [4.78, 5) is 24.5. The van der Waals surface area contributed by atoms with Crippen LogP contribution in [0, 0.1) is 17.6 Å². The molecule has 114 valence electrons. The highest BCUT2D eigenvalue weighted by Crippen LogP contribution is 2.24. The number of urea groups is 1. The molecule has 5 nitrogen and oxygen atoms in total. The van der Waals surface area contributed by atoms with Crippen molar-refractivity contribution in [1.29, 1.82) is 0 Å². The number of amides is 2. The number of nitrogens with zero attached hydrogens (tertiary/aromatic N) is 1. The Hall–Kier alpha value is -2.18. The molecular formula is C14H16F2N2O3.